The third-order valence-corrected chi connectivity index (χ3v) is 13.4. The van der Waals surface area contributed by atoms with E-state index in [1.54, 1.807) is 12.1 Å². The summed E-state index contributed by atoms with van der Waals surface area (Å²) in [6.07, 6.45) is 5.81. The molecule has 37 heavy (non-hydrogen) atoms. The standard InChI is InChI=1S/C33H21F3Ge/c1-2-26-21-22-29-28-15-9-10-16-30(28)32(23-11-5-3-6-12-23,24-13-7-4-8-14-24)31(29)37(26)27-19-17-25(18-20-27)33(34,35)36/h1,3-22H. The van der Waals surface area contributed by atoms with Crippen LogP contribution in [0.25, 0.3) is 5.57 Å². The van der Waals surface area contributed by atoms with Gasteiger partial charge in [0.1, 0.15) is 0 Å². The van der Waals surface area contributed by atoms with E-state index in [0.717, 1.165) is 31.0 Å². The average molecular weight is 547 g/mol. The van der Waals surface area contributed by atoms with E-state index < -0.39 is 31.1 Å². The summed E-state index contributed by atoms with van der Waals surface area (Å²) < 4.78 is 43.3. The number of hydrogen-bond acceptors (Lipinski definition) is 0. The Morgan fingerprint density at radius 1 is 0.676 bits per heavy atom. The van der Waals surface area contributed by atoms with Crippen molar-refractivity contribution in [3.05, 3.63) is 154 Å². The van der Waals surface area contributed by atoms with Crippen LogP contribution < -0.4 is 4.40 Å². The van der Waals surface area contributed by atoms with Gasteiger partial charge >= 0.3 is 219 Å². The van der Waals surface area contributed by atoms with Gasteiger partial charge in [-0.1, -0.05) is 0 Å². The maximum atomic E-state index is 13.4. The molecule has 0 amide bonds. The minimum absolute atomic E-state index is 0.598. The van der Waals surface area contributed by atoms with Gasteiger partial charge in [0.05, 0.1) is 0 Å². The first-order valence-corrected chi connectivity index (χ1v) is 15.1. The Morgan fingerprint density at radius 3 is 1.81 bits per heavy atom. The molecule has 1 aliphatic carbocycles. The van der Waals surface area contributed by atoms with Crippen molar-refractivity contribution in [2.75, 3.05) is 0 Å². The van der Waals surface area contributed by atoms with E-state index >= 15 is 0 Å². The Bertz CT molecular complexity index is 1590. The van der Waals surface area contributed by atoms with Crippen molar-refractivity contribution >= 4 is 28.2 Å². The summed E-state index contributed by atoms with van der Waals surface area (Å²) in [5.74, 6) is 2.92. The van der Waals surface area contributed by atoms with Gasteiger partial charge in [-0.3, -0.25) is 0 Å². The number of terminal acetylenes is 1. The number of hydrogen-bond donors (Lipinski definition) is 0. The first kappa shape index (κ1) is 23.5. The van der Waals surface area contributed by atoms with Crippen LogP contribution in [0, 0.1) is 12.3 Å². The Morgan fingerprint density at radius 2 is 1.24 bits per heavy atom. The third kappa shape index (κ3) is 3.59. The van der Waals surface area contributed by atoms with E-state index in [0.29, 0.717) is 0 Å². The number of benzene rings is 4. The Labute approximate surface area is 218 Å². The second-order valence-electron chi connectivity index (χ2n) is 9.16. The van der Waals surface area contributed by atoms with Crippen molar-refractivity contribution < 1.29 is 13.2 Å². The van der Waals surface area contributed by atoms with Gasteiger partial charge in [-0.15, -0.1) is 0 Å². The van der Waals surface area contributed by atoms with Crippen LogP contribution in [0.15, 0.2) is 126 Å². The van der Waals surface area contributed by atoms with Gasteiger partial charge in [0.15, 0.2) is 0 Å². The zero-order valence-electron chi connectivity index (χ0n) is 19.8. The van der Waals surface area contributed by atoms with E-state index in [1.165, 1.54) is 22.1 Å². The van der Waals surface area contributed by atoms with E-state index in [-0.39, 0.29) is 0 Å². The molecule has 0 nitrogen and oxygen atoms in total. The minimum atomic E-state index is -4.39. The second kappa shape index (κ2) is 8.90. The average Bonchev–Trinajstić information content (AvgIpc) is 3.24. The molecule has 0 aromatic heterocycles. The summed E-state index contributed by atoms with van der Waals surface area (Å²) in [6, 6.07) is 34.9. The SMILES string of the molecule is C#C[C]1=[Ge]([c]2ccc(C(F)(F)F)cc2)[C]2=C(C=C1)c1ccccc1C2(c1ccccc1)c1ccccc1. The summed E-state index contributed by atoms with van der Waals surface area (Å²) >= 11 is -2.72. The number of alkyl halides is 3. The summed E-state index contributed by atoms with van der Waals surface area (Å²) in [6.45, 7) is 0. The summed E-state index contributed by atoms with van der Waals surface area (Å²) in [4.78, 5) is 0. The van der Waals surface area contributed by atoms with Crippen LogP contribution >= 0.6 is 0 Å². The van der Waals surface area contributed by atoms with Crippen molar-refractivity contribution in [3.8, 4) is 12.3 Å². The molecular weight excluding hydrogens is 526 g/mol. The first-order valence-electron chi connectivity index (χ1n) is 12.0. The van der Waals surface area contributed by atoms with Crippen LogP contribution in [0.1, 0.15) is 27.8 Å². The van der Waals surface area contributed by atoms with Crippen molar-refractivity contribution in [1.82, 2.24) is 0 Å². The zero-order valence-corrected chi connectivity index (χ0v) is 21.9. The summed E-state index contributed by atoms with van der Waals surface area (Å²) in [5, 5.41) is 0. The van der Waals surface area contributed by atoms with Crippen molar-refractivity contribution in [2.45, 2.75) is 11.6 Å². The molecule has 2 aliphatic rings. The fraction of sp³-hybridized carbons (Fsp3) is 0.0606. The Hall–Kier alpha value is -3.88. The van der Waals surface area contributed by atoms with Crippen LogP contribution in [-0.4, -0.2) is 18.3 Å². The van der Waals surface area contributed by atoms with E-state index in [2.05, 4.69) is 54.5 Å². The molecule has 4 aromatic rings. The van der Waals surface area contributed by atoms with Crippen LogP contribution in [0.3, 0.4) is 0 Å². The first-order chi connectivity index (χ1) is 18.0. The van der Waals surface area contributed by atoms with Gasteiger partial charge in [-0.2, -0.15) is 0 Å². The van der Waals surface area contributed by atoms with Crippen LogP contribution in [-0.2, 0) is 11.6 Å². The van der Waals surface area contributed by atoms with Crippen molar-refractivity contribution in [1.29, 1.82) is 0 Å². The van der Waals surface area contributed by atoms with Gasteiger partial charge in [0.25, 0.3) is 0 Å². The topological polar surface area (TPSA) is 0 Å². The van der Waals surface area contributed by atoms with Gasteiger partial charge < -0.3 is 0 Å². The number of halogens is 3. The predicted molar refractivity (Wildman–Crippen MR) is 146 cm³/mol. The van der Waals surface area contributed by atoms with Gasteiger partial charge in [0, 0.05) is 0 Å². The molecule has 4 aromatic carbocycles. The molecule has 1 heterocycles. The fourth-order valence-corrected chi connectivity index (χ4v) is 12.2. The molecule has 178 valence electrons. The molecule has 0 spiro atoms. The zero-order chi connectivity index (χ0) is 25.6. The summed E-state index contributed by atoms with van der Waals surface area (Å²) in [5.41, 5.74) is 4.47. The molecule has 6 rings (SSSR count). The quantitative estimate of drug-likeness (QED) is 0.198. The van der Waals surface area contributed by atoms with Crippen LogP contribution in [0.5, 0.6) is 0 Å². The maximum absolute atomic E-state index is 13.4. The molecule has 0 saturated heterocycles. The molecule has 0 atom stereocenters. The van der Waals surface area contributed by atoms with E-state index in [9.17, 15) is 13.2 Å². The second-order valence-corrected chi connectivity index (χ2v) is 14.1. The molecule has 0 radical (unpaired) electrons. The third-order valence-electron chi connectivity index (χ3n) is 7.27. The van der Waals surface area contributed by atoms with Crippen molar-refractivity contribution in [3.63, 3.8) is 0 Å². The molecule has 0 unspecified atom stereocenters. The van der Waals surface area contributed by atoms with Crippen molar-refractivity contribution in [2.24, 2.45) is 0 Å². The van der Waals surface area contributed by atoms with Crippen LogP contribution in [0.2, 0.25) is 0 Å². The number of allylic oxidation sites excluding steroid dienone is 4. The molecule has 0 saturated carbocycles. The van der Waals surface area contributed by atoms with E-state index in [1.807, 2.05) is 48.5 Å². The van der Waals surface area contributed by atoms with Gasteiger partial charge in [-0.25, -0.2) is 0 Å². The number of fused-ring (bicyclic) bond motifs is 2. The number of rotatable bonds is 3. The van der Waals surface area contributed by atoms with E-state index in [4.69, 9.17) is 6.42 Å². The molecule has 1 aliphatic heterocycles. The molecule has 0 bridgehead atoms. The molecule has 0 N–H and O–H groups in total. The van der Waals surface area contributed by atoms with Crippen LogP contribution in [0.4, 0.5) is 13.2 Å². The molecule has 0 fully saturated rings. The fourth-order valence-electron chi connectivity index (χ4n) is 5.78. The molecular formula is C33H21F3Ge. The Balaban J connectivity index is 1.73. The molecule has 4 heteroatoms. The Kier molecular flexibility index (Phi) is 5.66. The predicted octanol–water partition coefficient (Wildman–Crippen LogP) is 6.71. The van der Waals surface area contributed by atoms with Gasteiger partial charge in [-0.05, 0) is 0 Å². The monoisotopic (exact) mass is 548 g/mol. The summed E-state index contributed by atoms with van der Waals surface area (Å²) in [7, 11) is 0. The van der Waals surface area contributed by atoms with Gasteiger partial charge in [0.2, 0.25) is 0 Å². The normalized spacial score (nSPS) is 15.8.